The van der Waals surface area contributed by atoms with Crippen LogP contribution in [-0.2, 0) is 10.0 Å². The van der Waals surface area contributed by atoms with Crippen molar-refractivity contribution in [1.29, 1.82) is 0 Å². The fraction of sp³-hybridized carbons (Fsp3) is 0.182. The smallest absolute Gasteiger partial charge is 0.241 e. The van der Waals surface area contributed by atoms with Gasteiger partial charge in [-0.25, -0.2) is 13.1 Å². The van der Waals surface area contributed by atoms with Crippen LogP contribution in [0.5, 0.6) is 11.5 Å². The normalized spacial score (nSPS) is 12.7. The fourth-order valence-corrected chi connectivity index (χ4v) is 4.39. The molecular weight excluding hydrogens is 443 g/mol. The van der Waals surface area contributed by atoms with E-state index in [0.717, 1.165) is 5.56 Å². The molecule has 0 fully saturated rings. The van der Waals surface area contributed by atoms with Crippen molar-refractivity contribution in [2.24, 2.45) is 0 Å². The van der Waals surface area contributed by atoms with Crippen LogP contribution in [0.4, 0.5) is 0 Å². The number of halogens is 2. The van der Waals surface area contributed by atoms with Crippen molar-refractivity contribution in [3.05, 3.63) is 88.4 Å². The molecule has 3 aromatic rings. The van der Waals surface area contributed by atoms with E-state index in [1.807, 2.05) is 49.3 Å². The molecule has 1 N–H and O–H groups in total. The number of ether oxygens (including phenoxy) is 1. The Balaban J connectivity index is 1.80. The maximum absolute atomic E-state index is 13.0. The molecule has 0 saturated heterocycles. The van der Waals surface area contributed by atoms with Gasteiger partial charge in [0.1, 0.15) is 11.5 Å². The lowest BCUT2D eigenvalue weighted by Crippen LogP contribution is -2.35. The van der Waals surface area contributed by atoms with Crippen LogP contribution in [0.25, 0.3) is 0 Å². The molecular formula is C22H22Cl2N2O3S. The van der Waals surface area contributed by atoms with Gasteiger partial charge < -0.3 is 9.64 Å². The Morgan fingerprint density at radius 3 is 2.13 bits per heavy atom. The predicted octanol–water partition coefficient (Wildman–Crippen LogP) is 5.37. The number of sulfonamides is 1. The van der Waals surface area contributed by atoms with Gasteiger partial charge in [0, 0.05) is 6.54 Å². The summed E-state index contributed by atoms with van der Waals surface area (Å²) < 4.78 is 34.5. The fourth-order valence-electron chi connectivity index (χ4n) is 2.87. The molecule has 158 valence electrons. The van der Waals surface area contributed by atoms with E-state index < -0.39 is 16.1 Å². The van der Waals surface area contributed by atoms with Gasteiger partial charge in [0.2, 0.25) is 10.0 Å². The Kier molecular flexibility index (Phi) is 7.39. The Hall–Kier alpha value is -2.09. The summed E-state index contributed by atoms with van der Waals surface area (Å²) in [5.74, 6) is 1.23. The van der Waals surface area contributed by atoms with Gasteiger partial charge in [-0.05, 0) is 68.2 Å². The molecule has 0 bridgehead atoms. The maximum atomic E-state index is 13.0. The van der Waals surface area contributed by atoms with Crippen LogP contribution in [0.15, 0.2) is 77.7 Å². The SMILES string of the molecule is CN(C)CC(NS(=O)(=O)c1ccc(Oc2ccccc2)cc1)c1ccc(Cl)c(Cl)c1. The largest absolute Gasteiger partial charge is 0.457 e. The summed E-state index contributed by atoms with van der Waals surface area (Å²) in [6, 6.07) is 20.2. The third kappa shape index (κ3) is 5.97. The van der Waals surface area contributed by atoms with Crippen molar-refractivity contribution in [2.75, 3.05) is 20.6 Å². The van der Waals surface area contributed by atoms with Crippen molar-refractivity contribution in [2.45, 2.75) is 10.9 Å². The molecule has 5 nitrogen and oxygen atoms in total. The van der Waals surface area contributed by atoms with E-state index in [0.29, 0.717) is 28.1 Å². The van der Waals surface area contributed by atoms with E-state index in [4.69, 9.17) is 27.9 Å². The summed E-state index contributed by atoms with van der Waals surface area (Å²) in [5, 5.41) is 0.792. The summed E-state index contributed by atoms with van der Waals surface area (Å²) in [5.41, 5.74) is 0.728. The summed E-state index contributed by atoms with van der Waals surface area (Å²) in [4.78, 5) is 2.04. The number of nitrogens with zero attached hydrogens (tertiary/aromatic N) is 1. The Labute approximate surface area is 187 Å². The summed E-state index contributed by atoms with van der Waals surface area (Å²) >= 11 is 12.1. The molecule has 8 heteroatoms. The number of hydrogen-bond donors (Lipinski definition) is 1. The molecule has 0 saturated carbocycles. The van der Waals surface area contributed by atoms with Crippen molar-refractivity contribution in [3.8, 4) is 11.5 Å². The van der Waals surface area contributed by atoms with Crippen LogP contribution >= 0.6 is 23.2 Å². The lowest BCUT2D eigenvalue weighted by Gasteiger charge is -2.23. The number of likely N-dealkylation sites (N-methyl/N-ethyl adjacent to an activating group) is 1. The molecule has 0 aromatic heterocycles. The van der Waals surface area contributed by atoms with Gasteiger partial charge in [0.15, 0.2) is 0 Å². The predicted molar refractivity (Wildman–Crippen MR) is 121 cm³/mol. The van der Waals surface area contributed by atoms with E-state index in [-0.39, 0.29) is 4.90 Å². The monoisotopic (exact) mass is 464 g/mol. The Morgan fingerprint density at radius 2 is 1.53 bits per heavy atom. The van der Waals surface area contributed by atoms with Gasteiger partial charge in [0.25, 0.3) is 0 Å². The molecule has 3 aromatic carbocycles. The highest BCUT2D eigenvalue weighted by molar-refractivity contribution is 7.89. The third-order valence-electron chi connectivity index (χ3n) is 4.30. The van der Waals surface area contributed by atoms with Gasteiger partial charge in [0.05, 0.1) is 21.0 Å². The first-order valence-electron chi connectivity index (χ1n) is 9.19. The summed E-state index contributed by atoms with van der Waals surface area (Å²) in [6.07, 6.45) is 0. The van der Waals surface area contributed by atoms with Crippen molar-refractivity contribution < 1.29 is 13.2 Å². The molecule has 0 heterocycles. The number of nitrogens with one attached hydrogen (secondary N) is 1. The van der Waals surface area contributed by atoms with Crippen LogP contribution in [0.3, 0.4) is 0 Å². The van der Waals surface area contributed by atoms with Crippen molar-refractivity contribution >= 4 is 33.2 Å². The topological polar surface area (TPSA) is 58.6 Å². The molecule has 0 aliphatic heterocycles. The molecule has 0 radical (unpaired) electrons. The van der Waals surface area contributed by atoms with Crippen LogP contribution < -0.4 is 9.46 Å². The quantitative estimate of drug-likeness (QED) is 0.486. The maximum Gasteiger partial charge on any atom is 0.241 e. The number of benzene rings is 3. The summed E-state index contributed by atoms with van der Waals surface area (Å²) in [6.45, 7) is 0.451. The molecule has 0 aliphatic rings. The van der Waals surface area contributed by atoms with Crippen molar-refractivity contribution in [3.63, 3.8) is 0 Å². The second-order valence-corrected chi connectivity index (χ2v) is 9.52. The first kappa shape index (κ1) is 22.6. The average Bonchev–Trinajstić information content (AvgIpc) is 2.70. The minimum absolute atomic E-state index is 0.145. The molecule has 1 atom stereocenters. The van der Waals surface area contributed by atoms with Gasteiger partial charge in [-0.1, -0.05) is 47.5 Å². The number of rotatable bonds is 8. The van der Waals surface area contributed by atoms with Crippen molar-refractivity contribution in [1.82, 2.24) is 9.62 Å². The highest BCUT2D eigenvalue weighted by Gasteiger charge is 2.23. The lowest BCUT2D eigenvalue weighted by atomic mass is 10.1. The van der Waals surface area contributed by atoms with Crippen LogP contribution in [0.2, 0.25) is 10.0 Å². The minimum Gasteiger partial charge on any atom is -0.457 e. The highest BCUT2D eigenvalue weighted by Crippen LogP contribution is 2.28. The zero-order chi connectivity index (χ0) is 21.7. The Bertz CT molecular complexity index is 1090. The van der Waals surface area contributed by atoms with E-state index in [9.17, 15) is 8.42 Å². The second kappa shape index (κ2) is 9.81. The van der Waals surface area contributed by atoms with E-state index in [2.05, 4.69) is 4.72 Å². The zero-order valence-electron chi connectivity index (χ0n) is 16.5. The third-order valence-corrected chi connectivity index (χ3v) is 6.53. The van der Waals surface area contributed by atoms with Crippen LogP contribution in [-0.4, -0.2) is 34.0 Å². The highest BCUT2D eigenvalue weighted by atomic mass is 35.5. The van der Waals surface area contributed by atoms with E-state index in [1.54, 1.807) is 30.3 Å². The lowest BCUT2D eigenvalue weighted by molar-refractivity contribution is 0.363. The zero-order valence-corrected chi connectivity index (χ0v) is 18.9. The van der Waals surface area contributed by atoms with Gasteiger partial charge >= 0.3 is 0 Å². The van der Waals surface area contributed by atoms with E-state index in [1.165, 1.54) is 12.1 Å². The number of para-hydroxylation sites is 1. The minimum atomic E-state index is -3.77. The van der Waals surface area contributed by atoms with Gasteiger partial charge in [-0.15, -0.1) is 0 Å². The summed E-state index contributed by atoms with van der Waals surface area (Å²) in [7, 11) is -0.0350. The molecule has 0 amide bonds. The molecule has 30 heavy (non-hydrogen) atoms. The van der Waals surface area contributed by atoms with Gasteiger partial charge in [-0.3, -0.25) is 0 Å². The second-order valence-electron chi connectivity index (χ2n) is 7.00. The number of hydrogen-bond acceptors (Lipinski definition) is 4. The van der Waals surface area contributed by atoms with E-state index >= 15 is 0 Å². The molecule has 3 rings (SSSR count). The first-order valence-corrected chi connectivity index (χ1v) is 11.4. The average molecular weight is 465 g/mol. The molecule has 1 unspecified atom stereocenters. The van der Waals surface area contributed by atoms with Crippen LogP contribution in [0, 0.1) is 0 Å². The Morgan fingerprint density at radius 1 is 0.900 bits per heavy atom. The van der Waals surface area contributed by atoms with Gasteiger partial charge in [-0.2, -0.15) is 0 Å². The standard InChI is InChI=1S/C22H22Cl2N2O3S/c1-26(2)15-22(16-8-13-20(23)21(24)14-16)25-30(27,28)19-11-9-18(10-12-19)29-17-6-4-3-5-7-17/h3-14,22,25H,15H2,1-2H3. The van der Waals surface area contributed by atoms with Crippen LogP contribution in [0.1, 0.15) is 11.6 Å². The molecule has 0 aliphatic carbocycles. The molecule has 0 spiro atoms. The first-order chi connectivity index (χ1) is 14.2.